The Hall–Kier alpha value is -0.930. The Kier molecular flexibility index (Phi) is 7.75. The molecule has 0 aliphatic heterocycles. The van der Waals surface area contributed by atoms with Crippen LogP contribution in [0.15, 0.2) is 18.2 Å². The van der Waals surface area contributed by atoms with Crippen molar-refractivity contribution < 1.29 is 9.84 Å². The van der Waals surface area contributed by atoms with Crippen molar-refractivity contribution >= 4 is 12.4 Å². The summed E-state index contributed by atoms with van der Waals surface area (Å²) in [6, 6.07) is 5.36. The quantitative estimate of drug-likeness (QED) is 0.770. The van der Waals surface area contributed by atoms with Crippen LogP contribution in [0.5, 0.6) is 11.5 Å². The summed E-state index contributed by atoms with van der Waals surface area (Å²) in [4.78, 5) is 0. The van der Waals surface area contributed by atoms with E-state index < -0.39 is 0 Å². The molecule has 98 valence electrons. The number of nitrogens with two attached hydrogens (primary N) is 1. The van der Waals surface area contributed by atoms with E-state index in [0.717, 1.165) is 18.4 Å². The van der Waals surface area contributed by atoms with Crippen LogP contribution in [0.1, 0.15) is 44.2 Å². The van der Waals surface area contributed by atoms with Gasteiger partial charge in [-0.3, -0.25) is 0 Å². The first-order valence-corrected chi connectivity index (χ1v) is 5.81. The Bertz CT molecular complexity index is 331. The molecule has 1 rings (SSSR count). The van der Waals surface area contributed by atoms with E-state index in [1.807, 2.05) is 6.07 Å². The summed E-state index contributed by atoms with van der Waals surface area (Å²) >= 11 is 0. The molecule has 0 fully saturated rings. The zero-order chi connectivity index (χ0) is 12.0. The van der Waals surface area contributed by atoms with E-state index in [2.05, 4.69) is 6.92 Å². The molecule has 3 N–H and O–H groups in total. The van der Waals surface area contributed by atoms with E-state index >= 15 is 0 Å². The van der Waals surface area contributed by atoms with Crippen molar-refractivity contribution in [3.63, 3.8) is 0 Å². The summed E-state index contributed by atoms with van der Waals surface area (Å²) in [6.45, 7) is 2.17. The molecule has 0 bridgehead atoms. The fourth-order valence-electron chi connectivity index (χ4n) is 1.72. The lowest BCUT2D eigenvalue weighted by Crippen LogP contribution is -2.09. The molecule has 0 saturated heterocycles. The molecule has 17 heavy (non-hydrogen) atoms. The van der Waals surface area contributed by atoms with Crippen LogP contribution in [0.4, 0.5) is 0 Å². The summed E-state index contributed by atoms with van der Waals surface area (Å²) in [5.41, 5.74) is 7.01. The van der Waals surface area contributed by atoms with Crippen molar-refractivity contribution in [1.29, 1.82) is 0 Å². The van der Waals surface area contributed by atoms with Crippen LogP contribution in [0, 0.1) is 0 Å². The fourth-order valence-corrected chi connectivity index (χ4v) is 1.72. The third-order valence-electron chi connectivity index (χ3n) is 2.75. The van der Waals surface area contributed by atoms with E-state index in [1.54, 1.807) is 12.1 Å². The predicted molar refractivity (Wildman–Crippen MR) is 73.0 cm³/mol. The number of methoxy groups -OCH3 is 1. The number of rotatable bonds is 6. The highest BCUT2D eigenvalue weighted by Gasteiger charge is 2.08. The molecule has 0 heterocycles. The Morgan fingerprint density at radius 2 is 2.06 bits per heavy atom. The number of halogens is 1. The van der Waals surface area contributed by atoms with Gasteiger partial charge in [-0.25, -0.2) is 0 Å². The van der Waals surface area contributed by atoms with E-state index in [-0.39, 0.29) is 24.2 Å². The van der Waals surface area contributed by atoms with Gasteiger partial charge in [0, 0.05) is 6.04 Å². The molecule has 3 nitrogen and oxygen atoms in total. The second kappa shape index (κ2) is 8.20. The maximum Gasteiger partial charge on any atom is 0.160 e. The first kappa shape index (κ1) is 16.1. The summed E-state index contributed by atoms with van der Waals surface area (Å²) in [7, 11) is 1.54. The summed E-state index contributed by atoms with van der Waals surface area (Å²) in [6.07, 6.45) is 4.49. The third-order valence-corrected chi connectivity index (χ3v) is 2.75. The highest BCUT2D eigenvalue weighted by molar-refractivity contribution is 5.85. The van der Waals surface area contributed by atoms with Crippen LogP contribution in [-0.4, -0.2) is 12.2 Å². The molecule has 1 aromatic carbocycles. The van der Waals surface area contributed by atoms with Crippen molar-refractivity contribution in [2.75, 3.05) is 7.11 Å². The maximum atomic E-state index is 9.63. The standard InChI is InChI=1S/C13H21NO2.ClH/c1-3-4-5-6-11(14)10-7-8-13(16-2)12(15)9-10;/h7-9,11,15H,3-6,14H2,1-2H3;1H/t11-;/m1./s1. The lowest BCUT2D eigenvalue weighted by molar-refractivity contribution is 0.372. The van der Waals surface area contributed by atoms with Crippen molar-refractivity contribution in [1.82, 2.24) is 0 Å². The molecule has 1 aromatic rings. The largest absolute Gasteiger partial charge is 0.504 e. The first-order chi connectivity index (χ1) is 7.69. The highest BCUT2D eigenvalue weighted by atomic mass is 35.5. The topological polar surface area (TPSA) is 55.5 Å². The van der Waals surface area contributed by atoms with Crippen molar-refractivity contribution in [2.24, 2.45) is 5.73 Å². The first-order valence-electron chi connectivity index (χ1n) is 5.81. The van der Waals surface area contributed by atoms with Gasteiger partial charge in [0.15, 0.2) is 11.5 Å². The molecule has 0 radical (unpaired) electrons. The Balaban J connectivity index is 0.00000256. The SMILES string of the molecule is CCCCC[C@@H](N)c1ccc(OC)c(O)c1.Cl. The van der Waals surface area contributed by atoms with Crippen LogP contribution in [0.2, 0.25) is 0 Å². The van der Waals surface area contributed by atoms with Gasteiger partial charge in [-0.05, 0) is 24.1 Å². The van der Waals surface area contributed by atoms with Gasteiger partial charge in [0.2, 0.25) is 0 Å². The number of ether oxygens (including phenoxy) is 1. The van der Waals surface area contributed by atoms with Crippen molar-refractivity contribution in [3.05, 3.63) is 23.8 Å². The van der Waals surface area contributed by atoms with Crippen LogP contribution >= 0.6 is 12.4 Å². The number of aromatic hydroxyl groups is 1. The molecular formula is C13H22ClNO2. The van der Waals surface area contributed by atoms with Gasteiger partial charge in [-0.15, -0.1) is 12.4 Å². The number of hydrogen-bond donors (Lipinski definition) is 2. The second-order valence-corrected chi connectivity index (χ2v) is 4.03. The number of phenols is 1. The lowest BCUT2D eigenvalue weighted by atomic mass is 10.0. The highest BCUT2D eigenvalue weighted by Crippen LogP contribution is 2.29. The van der Waals surface area contributed by atoms with E-state index in [4.69, 9.17) is 10.5 Å². The van der Waals surface area contributed by atoms with Gasteiger partial charge in [-0.2, -0.15) is 0 Å². The van der Waals surface area contributed by atoms with Gasteiger partial charge in [0.05, 0.1) is 7.11 Å². The summed E-state index contributed by atoms with van der Waals surface area (Å²) < 4.78 is 4.99. The molecular weight excluding hydrogens is 238 g/mol. The lowest BCUT2D eigenvalue weighted by Gasteiger charge is -2.13. The zero-order valence-electron chi connectivity index (χ0n) is 10.5. The smallest absolute Gasteiger partial charge is 0.160 e. The number of phenolic OH excluding ortho intramolecular Hbond substituents is 1. The summed E-state index contributed by atoms with van der Waals surface area (Å²) in [5, 5.41) is 9.63. The molecule has 0 amide bonds. The molecule has 4 heteroatoms. The number of benzene rings is 1. The van der Waals surface area contributed by atoms with Gasteiger partial charge in [-0.1, -0.05) is 32.3 Å². The summed E-state index contributed by atoms with van der Waals surface area (Å²) in [5.74, 6) is 0.649. The van der Waals surface area contributed by atoms with Gasteiger partial charge < -0.3 is 15.6 Å². The fraction of sp³-hybridized carbons (Fsp3) is 0.538. The van der Waals surface area contributed by atoms with Crippen LogP contribution < -0.4 is 10.5 Å². The van der Waals surface area contributed by atoms with Crippen molar-refractivity contribution in [3.8, 4) is 11.5 Å². The molecule has 1 atom stereocenters. The minimum Gasteiger partial charge on any atom is -0.504 e. The predicted octanol–water partition coefficient (Wildman–Crippen LogP) is 3.40. The van der Waals surface area contributed by atoms with Crippen molar-refractivity contribution in [2.45, 2.75) is 38.6 Å². The van der Waals surface area contributed by atoms with Crippen LogP contribution in [0.25, 0.3) is 0 Å². The number of unbranched alkanes of at least 4 members (excludes halogenated alkanes) is 2. The third kappa shape index (κ3) is 4.84. The Morgan fingerprint density at radius 3 is 2.59 bits per heavy atom. The molecule has 0 saturated carbocycles. The molecule has 0 aliphatic carbocycles. The number of hydrogen-bond acceptors (Lipinski definition) is 3. The minimum atomic E-state index is 0. The minimum absolute atomic E-state index is 0. The van der Waals surface area contributed by atoms with Crippen LogP contribution in [0.3, 0.4) is 0 Å². The van der Waals surface area contributed by atoms with E-state index in [0.29, 0.717) is 5.75 Å². The monoisotopic (exact) mass is 259 g/mol. The maximum absolute atomic E-state index is 9.63. The molecule has 0 spiro atoms. The zero-order valence-corrected chi connectivity index (χ0v) is 11.3. The molecule has 0 aromatic heterocycles. The van der Waals surface area contributed by atoms with Gasteiger partial charge >= 0.3 is 0 Å². The van der Waals surface area contributed by atoms with Gasteiger partial charge in [0.1, 0.15) is 0 Å². The Morgan fingerprint density at radius 1 is 1.35 bits per heavy atom. The average Bonchev–Trinajstić information content (AvgIpc) is 2.29. The van der Waals surface area contributed by atoms with Crippen LogP contribution in [-0.2, 0) is 0 Å². The van der Waals surface area contributed by atoms with E-state index in [9.17, 15) is 5.11 Å². The van der Waals surface area contributed by atoms with Gasteiger partial charge in [0.25, 0.3) is 0 Å². The average molecular weight is 260 g/mol. The second-order valence-electron chi connectivity index (χ2n) is 4.03. The normalized spacial score (nSPS) is 11.7. The molecule has 0 aliphatic rings. The molecule has 0 unspecified atom stereocenters. The Labute approximate surface area is 109 Å². The van der Waals surface area contributed by atoms with E-state index in [1.165, 1.54) is 20.0 Å².